The van der Waals surface area contributed by atoms with Gasteiger partial charge in [0.1, 0.15) is 9.71 Å². The molecule has 3 N–H and O–H groups in total. The SMILES string of the molecule is Nc1c(C(=O)c2ccc(S(=O)(=O)Nc3ccc(Cl)nn3)cc2)sc2nc3c(cc12)CCCCC3. The van der Waals surface area contributed by atoms with Crippen LogP contribution in [0.4, 0.5) is 11.5 Å². The third-order valence-corrected chi connectivity index (χ3v) is 8.44. The number of carbonyl (C=O) groups is 1. The number of ketones is 1. The van der Waals surface area contributed by atoms with Crippen LogP contribution in [0.25, 0.3) is 10.2 Å². The van der Waals surface area contributed by atoms with E-state index in [4.69, 9.17) is 22.3 Å². The van der Waals surface area contributed by atoms with Gasteiger partial charge in [-0.2, -0.15) is 0 Å². The van der Waals surface area contributed by atoms with E-state index in [-0.39, 0.29) is 21.6 Å². The molecule has 0 bridgehead atoms. The molecule has 0 spiro atoms. The summed E-state index contributed by atoms with van der Waals surface area (Å²) >= 11 is 6.96. The van der Waals surface area contributed by atoms with Gasteiger partial charge in [-0.1, -0.05) is 18.0 Å². The van der Waals surface area contributed by atoms with E-state index in [0.29, 0.717) is 16.1 Å². The van der Waals surface area contributed by atoms with Crippen molar-refractivity contribution in [2.45, 2.75) is 37.0 Å². The Bertz CT molecular complexity index is 1500. The molecule has 174 valence electrons. The van der Waals surface area contributed by atoms with Gasteiger partial charge in [-0.3, -0.25) is 9.52 Å². The first-order valence-electron chi connectivity index (χ1n) is 10.7. The summed E-state index contributed by atoms with van der Waals surface area (Å²) in [4.78, 5) is 19.2. The largest absolute Gasteiger partial charge is 0.397 e. The highest BCUT2D eigenvalue weighted by Gasteiger charge is 2.22. The van der Waals surface area contributed by atoms with Crippen molar-refractivity contribution in [2.24, 2.45) is 0 Å². The Labute approximate surface area is 205 Å². The number of nitrogens with two attached hydrogens (primary N) is 1. The van der Waals surface area contributed by atoms with Crippen LogP contribution in [0.3, 0.4) is 0 Å². The van der Waals surface area contributed by atoms with Gasteiger partial charge >= 0.3 is 0 Å². The minimum atomic E-state index is -3.91. The lowest BCUT2D eigenvalue weighted by molar-refractivity contribution is 0.104. The maximum Gasteiger partial charge on any atom is 0.263 e. The van der Waals surface area contributed by atoms with Gasteiger partial charge < -0.3 is 5.73 Å². The average molecular weight is 514 g/mol. The number of anilines is 2. The minimum absolute atomic E-state index is 0.0180. The van der Waals surface area contributed by atoms with Gasteiger partial charge in [0.2, 0.25) is 5.78 Å². The van der Waals surface area contributed by atoms with Crippen molar-refractivity contribution in [3.63, 3.8) is 0 Å². The standard InChI is InChI=1S/C23H20ClN5O3S2/c24-18-10-11-19(28-27-18)29-34(31,32)15-8-6-13(7-9-15)21(30)22-20(25)16-12-14-4-2-1-3-5-17(14)26-23(16)33-22/h6-12H,1-5,25H2,(H,28,29). The number of pyridine rings is 1. The number of nitrogens with zero attached hydrogens (tertiary/aromatic N) is 3. The highest BCUT2D eigenvalue weighted by atomic mass is 35.5. The summed E-state index contributed by atoms with van der Waals surface area (Å²) in [7, 11) is -3.91. The minimum Gasteiger partial charge on any atom is -0.397 e. The third-order valence-electron chi connectivity index (χ3n) is 5.75. The fourth-order valence-corrected chi connectivity index (χ4v) is 6.14. The molecule has 3 aromatic heterocycles. The summed E-state index contributed by atoms with van der Waals surface area (Å²) in [5, 5.41) is 8.26. The molecule has 1 aromatic carbocycles. The molecule has 11 heteroatoms. The highest BCUT2D eigenvalue weighted by molar-refractivity contribution is 7.92. The second-order valence-corrected chi connectivity index (χ2v) is 11.1. The first-order chi connectivity index (χ1) is 16.3. The molecular weight excluding hydrogens is 494 g/mol. The number of hydrogen-bond donors (Lipinski definition) is 2. The summed E-state index contributed by atoms with van der Waals surface area (Å²) < 4.78 is 27.6. The topological polar surface area (TPSA) is 128 Å². The average Bonchev–Trinajstić information content (AvgIpc) is 2.99. The second-order valence-electron chi connectivity index (χ2n) is 8.05. The highest BCUT2D eigenvalue weighted by Crippen LogP contribution is 2.36. The first kappa shape index (κ1) is 22.7. The molecule has 1 aliphatic carbocycles. The fourth-order valence-electron chi connectivity index (χ4n) is 3.99. The quantitative estimate of drug-likeness (QED) is 0.294. The molecule has 3 heterocycles. The first-order valence-corrected chi connectivity index (χ1v) is 13.4. The van der Waals surface area contributed by atoms with Gasteiger partial charge in [0.05, 0.1) is 10.6 Å². The molecule has 5 rings (SSSR count). The Morgan fingerprint density at radius 2 is 1.79 bits per heavy atom. The predicted octanol–water partition coefficient (Wildman–Crippen LogP) is 4.62. The van der Waals surface area contributed by atoms with E-state index >= 15 is 0 Å². The zero-order chi connectivity index (χ0) is 23.9. The fraction of sp³-hybridized carbons (Fsp3) is 0.217. The van der Waals surface area contributed by atoms with Gasteiger partial charge in [-0.25, -0.2) is 13.4 Å². The van der Waals surface area contributed by atoms with Crippen molar-refractivity contribution in [3.05, 3.63) is 69.3 Å². The van der Waals surface area contributed by atoms with Gasteiger partial charge in [0.15, 0.2) is 11.0 Å². The van der Waals surface area contributed by atoms with Crippen molar-refractivity contribution >= 4 is 60.5 Å². The van der Waals surface area contributed by atoms with Gasteiger partial charge in [-0.15, -0.1) is 21.5 Å². The van der Waals surface area contributed by atoms with E-state index in [1.54, 1.807) is 0 Å². The van der Waals surface area contributed by atoms with Crippen LogP contribution in [0.5, 0.6) is 0 Å². The van der Waals surface area contributed by atoms with Crippen LogP contribution in [0.15, 0.2) is 47.4 Å². The van der Waals surface area contributed by atoms with Crippen molar-refractivity contribution in [1.82, 2.24) is 15.2 Å². The van der Waals surface area contributed by atoms with Crippen LogP contribution >= 0.6 is 22.9 Å². The zero-order valence-electron chi connectivity index (χ0n) is 17.9. The normalized spacial score (nSPS) is 13.9. The monoisotopic (exact) mass is 513 g/mol. The van der Waals surface area contributed by atoms with Crippen molar-refractivity contribution in [3.8, 4) is 0 Å². The molecule has 34 heavy (non-hydrogen) atoms. The number of thiophene rings is 1. The van der Waals surface area contributed by atoms with E-state index in [9.17, 15) is 13.2 Å². The van der Waals surface area contributed by atoms with Crippen molar-refractivity contribution < 1.29 is 13.2 Å². The summed E-state index contributed by atoms with van der Waals surface area (Å²) in [6.45, 7) is 0. The Hall–Kier alpha value is -3.08. The number of carbonyl (C=O) groups excluding carboxylic acids is 1. The summed E-state index contributed by atoms with van der Waals surface area (Å²) in [6, 6.07) is 10.6. The lowest BCUT2D eigenvalue weighted by atomic mass is 10.1. The maximum atomic E-state index is 13.2. The molecular formula is C23H20ClN5O3S2. The Morgan fingerprint density at radius 1 is 1.03 bits per heavy atom. The number of fused-ring (bicyclic) bond motifs is 2. The number of rotatable bonds is 5. The lowest BCUT2D eigenvalue weighted by Gasteiger charge is -2.07. The van der Waals surface area contributed by atoms with E-state index < -0.39 is 10.0 Å². The van der Waals surface area contributed by atoms with Gasteiger partial charge in [0.25, 0.3) is 10.0 Å². The Balaban J connectivity index is 1.41. The molecule has 0 atom stereocenters. The summed E-state index contributed by atoms with van der Waals surface area (Å²) in [5.74, 6) is -0.232. The van der Waals surface area contributed by atoms with Crippen molar-refractivity contribution in [2.75, 3.05) is 10.5 Å². The summed E-state index contributed by atoms with van der Waals surface area (Å²) in [6.07, 6.45) is 5.36. The number of nitrogen functional groups attached to an aromatic ring is 1. The number of halogens is 1. The van der Waals surface area contributed by atoms with Crippen LogP contribution in [-0.4, -0.2) is 29.4 Å². The molecule has 8 nitrogen and oxygen atoms in total. The van der Waals surface area contributed by atoms with Crippen LogP contribution in [0.2, 0.25) is 5.15 Å². The Kier molecular flexibility index (Phi) is 5.97. The third kappa shape index (κ3) is 4.36. The van der Waals surface area contributed by atoms with E-state index in [1.165, 1.54) is 59.7 Å². The molecule has 0 saturated carbocycles. The smallest absolute Gasteiger partial charge is 0.263 e. The number of nitrogens with one attached hydrogen (secondary N) is 1. The molecule has 0 radical (unpaired) electrons. The van der Waals surface area contributed by atoms with E-state index in [2.05, 4.69) is 21.0 Å². The molecule has 0 unspecified atom stereocenters. The predicted molar refractivity (Wildman–Crippen MR) is 133 cm³/mol. The van der Waals surface area contributed by atoms with Crippen molar-refractivity contribution in [1.29, 1.82) is 0 Å². The van der Waals surface area contributed by atoms with Crippen LogP contribution < -0.4 is 10.5 Å². The van der Waals surface area contributed by atoms with E-state index in [0.717, 1.165) is 41.6 Å². The lowest BCUT2D eigenvalue weighted by Crippen LogP contribution is -2.14. The number of hydrogen-bond acceptors (Lipinski definition) is 8. The molecule has 0 fully saturated rings. The van der Waals surface area contributed by atoms with Crippen LogP contribution in [0.1, 0.15) is 45.8 Å². The number of aryl methyl sites for hydroxylation is 2. The number of aromatic nitrogens is 3. The molecule has 0 aliphatic heterocycles. The molecule has 1 aliphatic rings. The maximum absolute atomic E-state index is 13.2. The van der Waals surface area contributed by atoms with Gasteiger partial charge in [0, 0.05) is 16.6 Å². The number of benzene rings is 1. The van der Waals surface area contributed by atoms with Crippen LogP contribution in [0, 0.1) is 0 Å². The number of sulfonamides is 1. The molecule has 4 aromatic rings. The van der Waals surface area contributed by atoms with Gasteiger partial charge in [-0.05, 0) is 73.7 Å². The molecule has 0 saturated heterocycles. The second kappa shape index (κ2) is 8.94. The van der Waals surface area contributed by atoms with Crippen LogP contribution in [-0.2, 0) is 22.9 Å². The molecule has 0 amide bonds. The summed E-state index contributed by atoms with van der Waals surface area (Å²) in [5.41, 5.74) is 9.43. The van der Waals surface area contributed by atoms with E-state index in [1.807, 2.05) is 0 Å². The zero-order valence-corrected chi connectivity index (χ0v) is 20.3. The Morgan fingerprint density at radius 3 is 2.53 bits per heavy atom.